The minimum Gasteiger partial charge on any atom is -0.266 e. The van der Waals surface area contributed by atoms with Crippen molar-refractivity contribution in [2.75, 3.05) is 24.7 Å². The van der Waals surface area contributed by atoms with Gasteiger partial charge in [-0.05, 0) is 6.42 Å². The van der Waals surface area contributed by atoms with Crippen molar-refractivity contribution in [3.8, 4) is 12.3 Å². The van der Waals surface area contributed by atoms with Gasteiger partial charge < -0.3 is 0 Å². The van der Waals surface area contributed by atoms with Gasteiger partial charge in [0.15, 0.2) is 0 Å². The maximum atomic E-state index is 11.2. The fraction of sp³-hybridized carbons (Fsp3) is 0.556. The highest BCUT2D eigenvalue weighted by Gasteiger charge is 2.15. The highest BCUT2D eigenvalue weighted by molar-refractivity contribution is 7.87. The summed E-state index contributed by atoms with van der Waals surface area (Å²) in [6, 6.07) is 0. The molecule has 98 valence electrons. The van der Waals surface area contributed by atoms with Crippen LogP contribution < -0.4 is 0 Å². The molecule has 0 fully saturated rings. The van der Waals surface area contributed by atoms with Crippen LogP contribution in [0.3, 0.4) is 0 Å². The van der Waals surface area contributed by atoms with Gasteiger partial charge in [-0.3, -0.25) is 8.37 Å². The van der Waals surface area contributed by atoms with Crippen LogP contribution >= 0.6 is 0 Å². The molecule has 0 aromatic rings. The van der Waals surface area contributed by atoms with E-state index in [4.69, 9.17) is 6.42 Å². The maximum absolute atomic E-state index is 11.2. The van der Waals surface area contributed by atoms with E-state index < -0.39 is 31.7 Å². The predicted molar refractivity (Wildman–Crippen MR) is 63.1 cm³/mol. The normalized spacial score (nSPS) is 11.9. The summed E-state index contributed by atoms with van der Waals surface area (Å²) in [5, 5.41) is 0. The smallest absolute Gasteiger partial charge is 0.266 e. The van der Waals surface area contributed by atoms with Crippen molar-refractivity contribution in [2.45, 2.75) is 6.42 Å². The van der Waals surface area contributed by atoms with Crippen molar-refractivity contribution in [3.05, 3.63) is 12.7 Å². The van der Waals surface area contributed by atoms with Crippen molar-refractivity contribution in [2.24, 2.45) is 0 Å². The molecule has 0 amide bonds. The Morgan fingerprint density at radius 2 is 1.65 bits per heavy atom. The second-order valence-corrected chi connectivity index (χ2v) is 6.44. The Balaban J connectivity index is 4.07. The summed E-state index contributed by atoms with van der Waals surface area (Å²) in [4.78, 5) is 0. The van der Waals surface area contributed by atoms with Gasteiger partial charge in [0.25, 0.3) is 20.2 Å². The van der Waals surface area contributed by atoms with E-state index in [2.05, 4.69) is 14.9 Å². The lowest BCUT2D eigenvalue weighted by Gasteiger charge is -2.04. The molecule has 0 saturated carbocycles. The Morgan fingerprint density at radius 3 is 2.12 bits per heavy atom. The average Bonchev–Trinajstić information content (AvgIpc) is 2.23. The topological polar surface area (TPSA) is 86.7 Å². The Hall–Kier alpha value is -0.880. The summed E-state index contributed by atoms with van der Waals surface area (Å²) in [6.07, 6.45) is 5.99. The van der Waals surface area contributed by atoms with Gasteiger partial charge >= 0.3 is 0 Å². The van der Waals surface area contributed by atoms with E-state index in [1.807, 2.05) is 5.92 Å². The van der Waals surface area contributed by atoms with Gasteiger partial charge in [0, 0.05) is 0 Å². The van der Waals surface area contributed by atoms with E-state index in [9.17, 15) is 16.8 Å². The third-order valence-electron chi connectivity index (χ3n) is 1.48. The fourth-order valence-electron chi connectivity index (χ4n) is 0.806. The summed E-state index contributed by atoms with van der Waals surface area (Å²) in [7, 11) is -7.49. The second-order valence-electron chi connectivity index (χ2n) is 2.92. The third kappa shape index (κ3) is 8.88. The van der Waals surface area contributed by atoms with E-state index in [0.29, 0.717) is 0 Å². The van der Waals surface area contributed by atoms with E-state index in [-0.39, 0.29) is 19.6 Å². The van der Waals surface area contributed by atoms with Gasteiger partial charge in [0.2, 0.25) is 0 Å². The summed E-state index contributed by atoms with van der Waals surface area (Å²) in [6.45, 7) is 2.80. The first-order valence-electron chi connectivity index (χ1n) is 4.61. The van der Waals surface area contributed by atoms with Crippen LogP contribution in [-0.2, 0) is 28.6 Å². The van der Waals surface area contributed by atoms with Crippen LogP contribution in [0, 0.1) is 12.3 Å². The third-order valence-corrected chi connectivity index (χ3v) is 4.03. The molecule has 0 N–H and O–H groups in total. The molecule has 0 saturated heterocycles. The van der Waals surface area contributed by atoms with Crippen LogP contribution in [-0.4, -0.2) is 41.6 Å². The highest BCUT2D eigenvalue weighted by atomic mass is 32.2. The zero-order valence-corrected chi connectivity index (χ0v) is 10.8. The Labute approximate surface area is 102 Å². The first kappa shape index (κ1) is 16.1. The predicted octanol–water partition coefficient (Wildman–Crippen LogP) is -0.111. The van der Waals surface area contributed by atoms with Crippen LogP contribution in [0.25, 0.3) is 0 Å². The van der Waals surface area contributed by atoms with Gasteiger partial charge in [0.1, 0.15) is 6.61 Å². The van der Waals surface area contributed by atoms with Crippen molar-refractivity contribution in [1.82, 2.24) is 0 Å². The molecule has 0 aliphatic heterocycles. The van der Waals surface area contributed by atoms with Gasteiger partial charge in [-0.25, -0.2) is 0 Å². The zero-order valence-electron chi connectivity index (χ0n) is 9.16. The highest BCUT2D eigenvalue weighted by Crippen LogP contribution is 2.01. The van der Waals surface area contributed by atoms with Crippen LogP contribution in [0.2, 0.25) is 0 Å². The molecule has 0 aliphatic rings. The largest absolute Gasteiger partial charge is 0.268 e. The molecule has 0 bridgehead atoms. The van der Waals surface area contributed by atoms with Crippen LogP contribution in [0.5, 0.6) is 0 Å². The zero-order chi connectivity index (χ0) is 13.4. The summed E-state index contributed by atoms with van der Waals surface area (Å²) >= 11 is 0. The van der Waals surface area contributed by atoms with E-state index in [1.54, 1.807) is 0 Å². The van der Waals surface area contributed by atoms with Crippen molar-refractivity contribution >= 4 is 20.2 Å². The minimum atomic E-state index is -3.77. The molecule has 8 heteroatoms. The molecular formula is C9H14O6S2. The molecule has 0 aromatic heterocycles. The number of terminal acetylenes is 1. The molecule has 0 unspecified atom stereocenters. The molecule has 0 aliphatic carbocycles. The number of hydrogen-bond acceptors (Lipinski definition) is 6. The second kappa shape index (κ2) is 7.45. The maximum Gasteiger partial charge on any atom is 0.268 e. The van der Waals surface area contributed by atoms with Crippen LogP contribution in [0.1, 0.15) is 6.42 Å². The van der Waals surface area contributed by atoms with Gasteiger partial charge in [-0.2, -0.15) is 16.8 Å². The Bertz CT molecular complexity index is 468. The molecule has 6 nitrogen and oxygen atoms in total. The lowest BCUT2D eigenvalue weighted by Crippen LogP contribution is -2.16. The number of rotatable bonds is 9. The van der Waals surface area contributed by atoms with Crippen molar-refractivity contribution in [1.29, 1.82) is 0 Å². The van der Waals surface area contributed by atoms with Crippen molar-refractivity contribution in [3.63, 3.8) is 0 Å². The lowest BCUT2D eigenvalue weighted by atomic mass is 10.6. The first-order chi connectivity index (χ1) is 7.83. The standard InChI is InChI=1S/C9H14O6S2/c1-3-6-14-16(10,11)8-5-9-17(12,13)15-7-4-2/h1,4H,2,5-9H2. The molecule has 0 rings (SSSR count). The fourth-order valence-corrected chi connectivity index (χ4v) is 2.77. The Kier molecular flexibility index (Phi) is 7.06. The van der Waals surface area contributed by atoms with Gasteiger partial charge in [-0.15, -0.1) is 13.0 Å². The molecule has 0 atom stereocenters. The SMILES string of the molecule is C#CCOS(=O)(=O)CCCS(=O)(=O)OCC=C. The summed E-state index contributed by atoms with van der Waals surface area (Å²) < 4.78 is 53.4. The summed E-state index contributed by atoms with van der Waals surface area (Å²) in [5.41, 5.74) is 0. The molecule has 17 heavy (non-hydrogen) atoms. The lowest BCUT2D eigenvalue weighted by molar-refractivity contribution is 0.355. The van der Waals surface area contributed by atoms with Crippen LogP contribution in [0.4, 0.5) is 0 Å². The molecule has 0 radical (unpaired) electrons. The van der Waals surface area contributed by atoms with E-state index in [0.717, 1.165) is 0 Å². The molecule has 0 spiro atoms. The Morgan fingerprint density at radius 1 is 1.12 bits per heavy atom. The monoisotopic (exact) mass is 282 g/mol. The first-order valence-corrected chi connectivity index (χ1v) is 7.77. The van der Waals surface area contributed by atoms with Crippen LogP contribution in [0.15, 0.2) is 12.7 Å². The van der Waals surface area contributed by atoms with Gasteiger partial charge in [0.05, 0.1) is 18.1 Å². The minimum absolute atomic E-state index is 0.119. The average molecular weight is 282 g/mol. The van der Waals surface area contributed by atoms with Gasteiger partial charge in [-0.1, -0.05) is 12.0 Å². The molecule has 0 heterocycles. The molecular weight excluding hydrogens is 268 g/mol. The summed E-state index contributed by atoms with van der Waals surface area (Å²) in [5.74, 6) is 1.17. The molecule has 0 aromatic carbocycles. The van der Waals surface area contributed by atoms with E-state index >= 15 is 0 Å². The number of hydrogen-bond donors (Lipinski definition) is 0. The van der Waals surface area contributed by atoms with Crippen molar-refractivity contribution < 1.29 is 25.2 Å². The van der Waals surface area contributed by atoms with E-state index in [1.165, 1.54) is 6.08 Å². The quantitative estimate of drug-likeness (QED) is 0.333.